The number of carboxylic acid groups (broad SMARTS) is 1. The molecule has 64 valence electrons. The van der Waals surface area contributed by atoms with Gasteiger partial charge >= 0.3 is 0 Å². The van der Waals surface area contributed by atoms with E-state index in [1.165, 1.54) is 0 Å². The molecule has 8 N–H and O–H groups in total. The second kappa shape index (κ2) is 15.6. The molecule has 0 fully saturated rings. The molecule has 0 aromatic heterocycles. The lowest BCUT2D eigenvalue weighted by molar-refractivity contribution is -0.402. The summed E-state index contributed by atoms with van der Waals surface area (Å²) in [6, 6.07) is 0. The Labute approximate surface area is 56.7 Å². The first kappa shape index (κ1) is 23.5. The Hall–Kier alpha value is -1.41. The van der Waals surface area contributed by atoms with Gasteiger partial charge in [0.2, 0.25) is 0 Å². The molecule has 0 spiro atoms. The molecular weight excluding hydrogens is 146 g/mol. The van der Waals surface area contributed by atoms with Crippen LogP contribution in [0.3, 0.4) is 0 Å². The van der Waals surface area contributed by atoms with Gasteiger partial charge in [0.25, 0.3) is 0 Å². The van der Waals surface area contributed by atoms with Crippen molar-refractivity contribution in [3.05, 3.63) is 15.3 Å². The summed E-state index contributed by atoms with van der Waals surface area (Å²) < 4.78 is 0. The maximum absolute atomic E-state index is 8.89. The third-order valence-electron chi connectivity index (χ3n) is 0. The zero-order valence-corrected chi connectivity index (χ0v) is 5.99. The zero-order chi connectivity index (χ0) is 7.15. The van der Waals surface area contributed by atoms with Crippen LogP contribution >= 0.6 is 0 Å². The molecule has 0 aliphatic heterocycles. The van der Waals surface area contributed by atoms with E-state index in [9.17, 15) is 0 Å². The SMILES string of the molecule is CC(=O)[O-].O=[N+]([O-])[O-].[NH4+].[NH4+]. The summed E-state index contributed by atoms with van der Waals surface area (Å²) in [5.74, 6) is -1.08. The second-order valence-corrected chi connectivity index (χ2v) is 0.715. The van der Waals surface area contributed by atoms with E-state index < -0.39 is 11.1 Å². The number of carboxylic acids is 1. The Morgan fingerprint density at radius 2 is 1.30 bits per heavy atom. The maximum atomic E-state index is 8.89. The fourth-order valence-corrected chi connectivity index (χ4v) is 0. The average Bonchev–Trinajstić information content (AvgIpc) is 1.25. The number of aliphatic carboxylic acids is 1. The Kier molecular flexibility index (Phi) is 36.7. The number of hydrogen-bond donors (Lipinski definition) is 2. The summed E-state index contributed by atoms with van der Waals surface area (Å²) in [6.45, 7) is 0.972. The van der Waals surface area contributed by atoms with E-state index in [0.717, 1.165) is 6.92 Å². The Balaban J connectivity index is -0.0000000300. The molecule has 0 atom stereocenters. The average molecular weight is 157 g/mol. The predicted octanol–water partition coefficient (Wildman–Crippen LogP) is -0.730. The summed E-state index contributed by atoms with van der Waals surface area (Å²) in [7, 11) is 0. The number of quaternary nitrogens is 2. The van der Waals surface area contributed by atoms with Crippen LogP contribution in [0.5, 0.6) is 0 Å². The van der Waals surface area contributed by atoms with E-state index in [2.05, 4.69) is 0 Å². The minimum Gasteiger partial charge on any atom is -0.550 e. The number of carbonyl (C=O) groups excluding carboxylic acids is 1. The van der Waals surface area contributed by atoms with Crippen LogP contribution in [0, 0.1) is 15.3 Å². The molecule has 0 saturated heterocycles. The normalized spacial score (nSPS) is 4.90. The number of nitrogens with zero attached hydrogens (tertiary/aromatic N) is 1. The summed E-state index contributed by atoms with van der Waals surface area (Å²) in [5, 5.41) is 23.6. The number of carbonyl (C=O) groups is 1. The van der Waals surface area contributed by atoms with E-state index in [1.54, 1.807) is 0 Å². The Bertz CT molecular complexity index is 72.9. The molecule has 8 nitrogen and oxygen atoms in total. The molecular formula is C2H11N3O5. The van der Waals surface area contributed by atoms with Gasteiger partial charge in [0.05, 0.1) is 5.09 Å². The van der Waals surface area contributed by atoms with Gasteiger partial charge in [-0.15, -0.1) is 0 Å². The van der Waals surface area contributed by atoms with Gasteiger partial charge < -0.3 is 37.5 Å². The van der Waals surface area contributed by atoms with Crippen molar-refractivity contribution in [1.29, 1.82) is 0 Å². The first-order valence-corrected chi connectivity index (χ1v) is 1.46. The summed E-state index contributed by atoms with van der Waals surface area (Å²) in [6.07, 6.45) is 0. The molecule has 8 heteroatoms. The lowest BCUT2D eigenvalue weighted by Gasteiger charge is -1.77. The molecule has 0 aliphatic carbocycles. The van der Waals surface area contributed by atoms with Gasteiger partial charge in [-0.05, 0) is 6.92 Å². The van der Waals surface area contributed by atoms with Crippen molar-refractivity contribution in [2.45, 2.75) is 6.92 Å². The molecule has 0 rings (SSSR count). The first-order chi connectivity index (χ1) is 3.46. The van der Waals surface area contributed by atoms with Crippen LogP contribution in [0.25, 0.3) is 0 Å². The number of rotatable bonds is 0. The predicted molar refractivity (Wildman–Crippen MR) is 33.0 cm³/mol. The Morgan fingerprint density at radius 1 is 1.30 bits per heavy atom. The highest BCUT2D eigenvalue weighted by Crippen LogP contribution is 1.44. The van der Waals surface area contributed by atoms with Crippen molar-refractivity contribution in [3.63, 3.8) is 0 Å². The molecule has 0 unspecified atom stereocenters. The molecule has 0 heterocycles. The minimum absolute atomic E-state index is 0. The van der Waals surface area contributed by atoms with Crippen LogP contribution < -0.4 is 17.4 Å². The van der Waals surface area contributed by atoms with Gasteiger partial charge in [-0.2, -0.15) is 0 Å². The standard InChI is InChI=1S/C2H4O2.NO3.2H3N/c1-2(3)4;2-1(3)4;;/h1H3,(H,3,4);;2*1H3/q;-1;;/p+1. The van der Waals surface area contributed by atoms with Crippen LogP contribution in [0.1, 0.15) is 6.92 Å². The van der Waals surface area contributed by atoms with Crippen LogP contribution in [0.4, 0.5) is 0 Å². The molecule has 0 aromatic carbocycles. The maximum Gasteiger partial charge on any atom is 0.0689 e. The molecule has 0 bridgehead atoms. The lowest BCUT2D eigenvalue weighted by atomic mass is 10.9. The van der Waals surface area contributed by atoms with Crippen LogP contribution in [-0.4, -0.2) is 11.1 Å². The molecule has 0 aromatic rings. The van der Waals surface area contributed by atoms with Crippen LogP contribution in [-0.2, 0) is 4.79 Å². The Morgan fingerprint density at radius 3 is 1.30 bits per heavy atom. The van der Waals surface area contributed by atoms with Crippen molar-refractivity contribution in [3.8, 4) is 0 Å². The highest BCUT2D eigenvalue weighted by Gasteiger charge is 1.46. The quantitative estimate of drug-likeness (QED) is 0.346. The molecule has 0 saturated carbocycles. The third-order valence-corrected chi connectivity index (χ3v) is 0. The van der Waals surface area contributed by atoms with Crippen molar-refractivity contribution in [1.82, 2.24) is 12.3 Å². The van der Waals surface area contributed by atoms with Gasteiger partial charge in [-0.25, -0.2) is 0 Å². The molecule has 10 heavy (non-hydrogen) atoms. The van der Waals surface area contributed by atoms with E-state index >= 15 is 0 Å². The third kappa shape index (κ3) is 104. The van der Waals surface area contributed by atoms with Crippen molar-refractivity contribution in [2.75, 3.05) is 0 Å². The largest absolute Gasteiger partial charge is 0.550 e. The van der Waals surface area contributed by atoms with Crippen LogP contribution in [0.2, 0.25) is 0 Å². The van der Waals surface area contributed by atoms with E-state index in [0.29, 0.717) is 0 Å². The van der Waals surface area contributed by atoms with E-state index in [-0.39, 0.29) is 12.3 Å². The summed E-state index contributed by atoms with van der Waals surface area (Å²) in [4.78, 5) is 17.1. The molecule has 0 aliphatic rings. The lowest BCUT2D eigenvalue weighted by Crippen LogP contribution is -2.16. The van der Waals surface area contributed by atoms with Gasteiger partial charge in [0, 0.05) is 5.97 Å². The van der Waals surface area contributed by atoms with E-state index in [1.807, 2.05) is 0 Å². The highest BCUT2D eigenvalue weighted by molar-refractivity contribution is 5.60. The fraction of sp³-hybridized carbons (Fsp3) is 0.500. The smallest absolute Gasteiger partial charge is 0.0689 e. The van der Waals surface area contributed by atoms with Crippen molar-refractivity contribution in [2.24, 2.45) is 0 Å². The van der Waals surface area contributed by atoms with Gasteiger partial charge in [0.1, 0.15) is 0 Å². The van der Waals surface area contributed by atoms with Gasteiger partial charge in [-0.3, -0.25) is 0 Å². The van der Waals surface area contributed by atoms with Gasteiger partial charge in [0.15, 0.2) is 0 Å². The first-order valence-electron chi connectivity index (χ1n) is 1.46. The topological polar surface area (TPSA) is 179 Å². The minimum atomic E-state index is -1.75. The second-order valence-electron chi connectivity index (χ2n) is 0.715. The monoisotopic (exact) mass is 157 g/mol. The molecule has 0 amide bonds. The van der Waals surface area contributed by atoms with Crippen LogP contribution in [0.15, 0.2) is 0 Å². The summed E-state index contributed by atoms with van der Waals surface area (Å²) >= 11 is 0. The fourth-order valence-electron chi connectivity index (χ4n) is 0. The summed E-state index contributed by atoms with van der Waals surface area (Å²) in [5.41, 5.74) is 0. The number of hydrogen-bond acceptors (Lipinski definition) is 5. The van der Waals surface area contributed by atoms with E-state index in [4.69, 9.17) is 25.2 Å². The molecule has 0 radical (unpaired) electrons. The van der Waals surface area contributed by atoms with Gasteiger partial charge in [-0.1, -0.05) is 0 Å². The van der Waals surface area contributed by atoms with Crippen molar-refractivity contribution < 1.29 is 15.0 Å². The highest BCUT2D eigenvalue weighted by atomic mass is 16.9. The zero-order valence-electron chi connectivity index (χ0n) is 5.99. The van der Waals surface area contributed by atoms with Crippen molar-refractivity contribution >= 4 is 5.97 Å².